The number of carboxylic acids is 1. The summed E-state index contributed by atoms with van der Waals surface area (Å²) >= 11 is 0. The van der Waals surface area contributed by atoms with Gasteiger partial charge in [0.1, 0.15) is 5.75 Å². The minimum atomic E-state index is -1.12. The summed E-state index contributed by atoms with van der Waals surface area (Å²) in [6.07, 6.45) is 1.34. The molecule has 5 heteroatoms. The van der Waals surface area contributed by atoms with Crippen molar-refractivity contribution in [2.45, 2.75) is 0 Å². The lowest BCUT2D eigenvalue weighted by molar-refractivity contribution is 0.0662. The predicted octanol–water partition coefficient (Wildman–Crippen LogP) is 2.24. The molecule has 0 aliphatic rings. The minimum Gasteiger partial charge on any atom is -0.496 e. The summed E-state index contributed by atoms with van der Waals surface area (Å²) in [6, 6.07) is 6.64. The SMILES string of the molecule is COc1cccc(N)c1-c1coc(C(=O)O)c1. The number of ether oxygens (including phenoxy) is 1. The smallest absolute Gasteiger partial charge is 0.371 e. The van der Waals surface area contributed by atoms with Gasteiger partial charge in [-0.1, -0.05) is 6.07 Å². The van der Waals surface area contributed by atoms with Crippen LogP contribution in [-0.2, 0) is 0 Å². The summed E-state index contributed by atoms with van der Waals surface area (Å²) in [5, 5.41) is 8.78. The zero-order chi connectivity index (χ0) is 12.4. The highest BCUT2D eigenvalue weighted by Gasteiger charge is 2.15. The van der Waals surface area contributed by atoms with Crippen LogP contribution in [0.5, 0.6) is 5.75 Å². The number of hydrogen-bond acceptors (Lipinski definition) is 4. The fourth-order valence-electron chi connectivity index (χ4n) is 1.61. The van der Waals surface area contributed by atoms with Crippen LogP contribution >= 0.6 is 0 Å². The van der Waals surface area contributed by atoms with E-state index >= 15 is 0 Å². The van der Waals surface area contributed by atoms with Crippen LogP contribution in [0.3, 0.4) is 0 Å². The molecule has 0 spiro atoms. The Balaban J connectivity index is 2.55. The van der Waals surface area contributed by atoms with E-state index in [4.69, 9.17) is 20.0 Å². The van der Waals surface area contributed by atoms with E-state index < -0.39 is 5.97 Å². The standard InChI is InChI=1S/C12H11NO4/c1-16-9-4-2-3-8(13)11(9)7-5-10(12(14)15)17-6-7/h2-6H,13H2,1H3,(H,14,15). The average molecular weight is 233 g/mol. The first-order valence-electron chi connectivity index (χ1n) is 4.88. The molecule has 2 aromatic rings. The Labute approximate surface area is 97.4 Å². The van der Waals surface area contributed by atoms with Gasteiger partial charge < -0.3 is 20.0 Å². The topological polar surface area (TPSA) is 85.7 Å². The Morgan fingerprint density at radius 2 is 2.24 bits per heavy atom. The number of nitrogens with two attached hydrogens (primary N) is 1. The molecule has 0 saturated carbocycles. The van der Waals surface area contributed by atoms with Crippen molar-refractivity contribution < 1.29 is 19.1 Å². The molecule has 1 heterocycles. The molecule has 17 heavy (non-hydrogen) atoms. The molecule has 88 valence electrons. The van der Waals surface area contributed by atoms with Gasteiger partial charge in [-0.15, -0.1) is 0 Å². The monoisotopic (exact) mass is 233 g/mol. The van der Waals surface area contributed by atoms with E-state index in [9.17, 15) is 4.79 Å². The molecule has 0 unspecified atom stereocenters. The number of hydrogen-bond donors (Lipinski definition) is 2. The highest BCUT2D eigenvalue weighted by molar-refractivity contribution is 5.89. The van der Waals surface area contributed by atoms with E-state index in [1.54, 1.807) is 18.2 Å². The number of anilines is 1. The Bertz CT molecular complexity index is 559. The van der Waals surface area contributed by atoms with Gasteiger partial charge in [-0.2, -0.15) is 0 Å². The van der Waals surface area contributed by atoms with Crippen LogP contribution in [0.1, 0.15) is 10.6 Å². The van der Waals surface area contributed by atoms with Crippen LogP contribution in [0.4, 0.5) is 5.69 Å². The van der Waals surface area contributed by atoms with E-state index in [1.165, 1.54) is 19.4 Å². The van der Waals surface area contributed by atoms with E-state index in [2.05, 4.69) is 0 Å². The molecule has 0 atom stereocenters. The van der Waals surface area contributed by atoms with Crippen LogP contribution in [0.25, 0.3) is 11.1 Å². The van der Waals surface area contributed by atoms with Crippen molar-refractivity contribution in [3.8, 4) is 16.9 Å². The summed E-state index contributed by atoms with van der Waals surface area (Å²) in [4.78, 5) is 10.7. The first kappa shape index (κ1) is 11.1. The molecule has 1 aromatic carbocycles. The minimum absolute atomic E-state index is 0.134. The summed E-state index contributed by atoms with van der Waals surface area (Å²) in [5.41, 5.74) is 7.56. The lowest BCUT2D eigenvalue weighted by Gasteiger charge is -2.08. The zero-order valence-electron chi connectivity index (χ0n) is 9.14. The van der Waals surface area contributed by atoms with Gasteiger partial charge in [0.2, 0.25) is 5.76 Å². The quantitative estimate of drug-likeness (QED) is 0.794. The Hall–Kier alpha value is -2.43. The third-order valence-corrected chi connectivity index (χ3v) is 2.38. The third kappa shape index (κ3) is 1.94. The maximum atomic E-state index is 10.7. The van der Waals surface area contributed by atoms with E-state index in [-0.39, 0.29) is 5.76 Å². The second-order valence-electron chi connectivity index (χ2n) is 3.43. The van der Waals surface area contributed by atoms with Crippen molar-refractivity contribution in [2.24, 2.45) is 0 Å². The van der Waals surface area contributed by atoms with Crippen molar-refractivity contribution >= 4 is 11.7 Å². The number of methoxy groups -OCH3 is 1. The van der Waals surface area contributed by atoms with Crippen LogP contribution in [0, 0.1) is 0 Å². The van der Waals surface area contributed by atoms with Gasteiger partial charge in [0, 0.05) is 16.8 Å². The molecule has 0 saturated heterocycles. The number of furan rings is 1. The highest BCUT2D eigenvalue weighted by atomic mass is 16.5. The normalized spacial score (nSPS) is 10.2. The molecule has 3 N–H and O–H groups in total. The highest BCUT2D eigenvalue weighted by Crippen LogP contribution is 2.35. The number of rotatable bonds is 3. The van der Waals surface area contributed by atoms with Gasteiger partial charge in [-0.05, 0) is 18.2 Å². The van der Waals surface area contributed by atoms with Crippen LogP contribution in [0.2, 0.25) is 0 Å². The molecular formula is C12H11NO4. The summed E-state index contributed by atoms with van der Waals surface area (Å²) in [5.74, 6) is -0.683. The van der Waals surface area contributed by atoms with E-state index in [0.29, 0.717) is 22.6 Å². The van der Waals surface area contributed by atoms with Crippen LogP contribution in [0.15, 0.2) is 34.9 Å². The maximum absolute atomic E-state index is 10.7. The fourth-order valence-corrected chi connectivity index (χ4v) is 1.61. The van der Waals surface area contributed by atoms with E-state index in [1.807, 2.05) is 0 Å². The molecular weight excluding hydrogens is 222 g/mol. The number of benzene rings is 1. The second kappa shape index (κ2) is 4.21. The fraction of sp³-hybridized carbons (Fsp3) is 0.0833. The van der Waals surface area contributed by atoms with Gasteiger partial charge in [0.25, 0.3) is 0 Å². The Morgan fingerprint density at radius 1 is 1.47 bits per heavy atom. The number of carbonyl (C=O) groups is 1. The molecule has 1 aromatic heterocycles. The first-order chi connectivity index (χ1) is 8.13. The van der Waals surface area contributed by atoms with Crippen molar-refractivity contribution in [3.63, 3.8) is 0 Å². The average Bonchev–Trinajstić information content (AvgIpc) is 2.77. The Kier molecular flexibility index (Phi) is 2.74. The lowest BCUT2D eigenvalue weighted by Crippen LogP contribution is -1.94. The third-order valence-electron chi connectivity index (χ3n) is 2.38. The molecule has 5 nitrogen and oxygen atoms in total. The number of aromatic carboxylic acids is 1. The lowest BCUT2D eigenvalue weighted by atomic mass is 10.1. The van der Waals surface area contributed by atoms with Crippen molar-refractivity contribution in [1.29, 1.82) is 0 Å². The molecule has 0 amide bonds. The predicted molar refractivity (Wildman–Crippen MR) is 62.1 cm³/mol. The van der Waals surface area contributed by atoms with Crippen LogP contribution in [-0.4, -0.2) is 18.2 Å². The molecule has 0 fully saturated rings. The van der Waals surface area contributed by atoms with Gasteiger partial charge in [-0.25, -0.2) is 4.79 Å². The van der Waals surface area contributed by atoms with Crippen molar-refractivity contribution in [1.82, 2.24) is 0 Å². The Morgan fingerprint density at radius 3 is 2.82 bits per heavy atom. The molecule has 0 aliphatic carbocycles. The summed E-state index contributed by atoms with van der Waals surface area (Å²) in [7, 11) is 1.52. The van der Waals surface area contributed by atoms with Crippen LogP contribution < -0.4 is 10.5 Å². The molecule has 2 rings (SSSR count). The summed E-state index contributed by atoms with van der Waals surface area (Å²) < 4.78 is 10.1. The van der Waals surface area contributed by atoms with Gasteiger partial charge in [0.05, 0.1) is 13.4 Å². The van der Waals surface area contributed by atoms with Gasteiger partial charge >= 0.3 is 5.97 Å². The number of nitrogen functional groups attached to an aromatic ring is 1. The molecule has 0 bridgehead atoms. The van der Waals surface area contributed by atoms with Gasteiger partial charge in [-0.3, -0.25) is 0 Å². The van der Waals surface area contributed by atoms with Crippen molar-refractivity contribution in [2.75, 3.05) is 12.8 Å². The van der Waals surface area contributed by atoms with Crippen molar-refractivity contribution in [3.05, 3.63) is 36.3 Å². The zero-order valence-corrected chi connectivity index (χ0v) is 9.14. The molecule has 0 aliphatic heterocycles. The first-order valence-corrected chi connectivity index (χ1v) is 4.88. The number of carboxylic acid groups (broad SMARTS) is 1. The maximum Gasteiger partial charge on any atom is 0.371 e. The van der Waals surface area contributed by atoms with Gasteiger partial charge in [0.15, 0.2) is 0 Å². The summed E-state index contributed by atoms with van der Waals surface area (Å²) in [6.45, 7) is 0. The largest absolute Gasteiger partial charge is 0.496 e. The second-order valence-corrected chi connectivity index (χ2v) is 3.43. The molecule has 0 radical (unpaired) electrons. The van der Waals surface area contributed by atoms with E-state index in [0.717, 1.165) is 0 Å².